The number of nitrogens with one attached hydrogen (secondary N) is 1. The molecule has 0 radical (unpaired) electrons. The number of carbonyl (C=O) groups excluding carboxylic acids is 1. The van der Waals surface area contributed by atoms with Gasteiger partial charge in [0, 0.05) is 43.5 Å². The number of aromatic nitrogens is 3. The summed E-state index contributed by atoms with van der Waals surface area (Å²) in [5.74, 6) is 2.08. The maximum atomic E-state index is 12.4. The van der Waals surface area contributed by atoms with E-state index in [0.29, 0.717) is 6.61 Å². The zero-order chi connectivity index (χ0) is 21.6. The topological polar surface area (TPSA) is 71.8 Å². The highest BCUT2D eigenvalue weighted by Crippen LogP contribution is 2.29. The van der Waals surface area contributed by atoms with E-state index in [2.05, 4.69) is 28.2 Å². The molecule has 4 rings (SSSR count). The number of hydrogen-bond acceptors (Lipinski definition) is 5. The number of benzene rings is 1. The zero-order valence-electron chi connectivity index (χ0n) is 18.4. The van der Waals surface area contributed by atoms with Gasteiger partial charge in [-0.2, -0.15) is 5.10 Å². The number of nitrogens with zero attached hydrogens (tertiary/aromatic N) is 4. The molecule has 1 aliphatic heterocycles. The molecular weight excluding hydrogens is 390 g/mol. The van der Waals surface area contributed by atoms with Crippen LogP contribution in [0.25, 0.3) is 16.8 Å². The molecule has 0 bridgehead atoms. The maximum absolute atomic E-state index is 12.4. The highest BCUT2D eigenvalue weighted by Gasteiger charge is 2.26. The Morgan fingerprint density at radius 1 is 1.19 bits per heavy atom. The molecule has 3 heterocycles. The molecule has 0 saturated carbocycles. The summed E-state index contributed by atoms with van der Waals surface area (Å²) in [4.78, 5) is 19.3. The maximum Gasteiger partial charge on any atom is 0.223 e. The summed E-state index contributed by atoms with van der Waals surface area (Å²) in [7, 11) is 0. The van der Waals surface area contributed by atoms with Gasteiger partial charge in [-0.05, 0) is 56.5 Å². The molecule has 0 unspecified atom stereocenters. The van der Waals surface area contributed by atoms with Crippen molar-refractivity contribution in [3.63, 3.8) is 0 Å². The summed E-state index contributed by atoms with van der Waals surface area (Å²) in [6.45, 7) is 7.19. The SMILES string of the molecule is CCCCNC(=O)C1CCN(c2nccn3nc(-c4ccc(OCC)cc4)cc23)CC1. The normalized spacial score (nSPS) is 14.7. The number of piperidine rings is 1. The molecule has 1 fully saturated rings. The number of hydrogen-bond donors (Lipinski definition) is 1. The number of carbonyl (C=O) groups is 1. The van der Waals surface area contributed by atoms with E-state index in [9.17, 15) is 4.79 Å². The van der Waals surface area contributed by atoms with Gasteiger partial charge in [0.25, 0.3) is 0 Å². The van der Waals surface area contributed by atoms with Crippen molar-refractivity contribution in [2.75, 3.05) is 31.1 Å². The van der Waals surface area contributed by atoms with Crippen LogP contribution in [0.5, 0.6) is 5.75 Å². The largest absolute Gasteiger partial charge is 0.494 e. The van der Waals surface area contributed by atoms with Gasteiger partial charge >= 0.3 is 0 Å². The molecule has 1 saturated heterocycles. The smallest absolute Gasteiger partial charge is 0.223 e. The first-order valence-electron chi connectivity index (χ1n) is 11.3. The molecule has 1 N–H and O–H groups in total. The summed E-state index contributed by atoms with van der Waals surface area (Å²) >= 11 is 0. The van der Waals surface area contributed by atoms with E-state index in [0.717, 1.165) is 73.7 Å². The van der Waals surface area contributed by atoms with Gasteiger partial charge in [-0.3, -0.25) is 4.79 Å². The zero-order valence-corrected chi connectivity index (χ0v) is 18.4. The second-order valence-electron chi connectivity index (χ2n) is 7.97. The Kier molecular flexibility index (Phi) is 6.70. The first-order chi connectivity index (χ1) is 15.2. The average molecular weight is 422 g/mol. The first kappa shape index (κ1) is 21.2. The Bertz CT molecular complexity index is 1010. The monoisotopic (exact) mass is 421 g/mol. The number of fused-ring (bicyclic) bond motifs is 1. The fourth-order valence-electron chi connectivity index (χ4n) is 4.07. The summed E-state index contributed by atoms with van der Waals surface area (Å²) in [5.41, 5.74) is 2.93. The molecule has 0 atom stereocenters. The highest BCUT2D eigenvalue weighted by atomic mass is 16.5. The molecular formula is C24H31N5O2. The van der Waals surface area contributed by atoms with Gasteiger partial charge in [0.1, 0.15) is 11.3 Å². The molecule has 0 aliphatic carbocycles. The van der Waals surface area contributed by atoms with Gasteiger partial charge in [0.05, 0.1) is 12.3 Å². The predicted octanol–water partition coefficient (Wildman–Crippen LogP) is 3.93. The van der Waals surface area contributed by atoms with Crippen molar-refractivity contribution >= 4 is 17.2 Å². The van der Waals surface area contributed by atoms with Crippen molar-refractivity contribution in [3.8, 4) is 17.0 Å². The van der Waals surface area contributed by atoms with Gasteiger partial charge < -0.3 is 15.0 Å². The lowest BCUT2D eigenvalue weighted by atomic mass is 9.96. The Morgan fingerprint density at radius 2 is 1.97 bits per heavy atom. The van der Waals surface area contributed by atoms with Crippen LogP contribution in [0.1, 0.15) is 39.5 Å². The van der Waals surface area contributed by atoms with Crippen molar-refractivity contribution in [1.82, 2.24) is 19.9 Å². The molecule has 1 aromatic carbocycles. The lowest BCUT2D eigenvalue weighted by Crippen LogP contribution is -2.41. The van der Waals surface area contributed by atoms with E-state index >= 15 is 0 Å². The highest BCUT2D eigenvalue weighted by molar-refractivity contribution is 5.79. The Labute approximate surface area is 183 Å². The van der Waals surface area contributed by atoms with E-state index in [1.807, 2.05) is 41.9 Å². The lowest BCUT2D eigenvalue weighted by molar-refractivity contribution is -0.125. The van der Waals surface area contributed by atoms with Crippen molar-refractivity contribution in [3.05, 3.63) is 42.7 Å². The van der Waals surface area contributed by atoms with Crippen molar-refractivity contribution in [1.29, 1.82) is 0 Å². The van der Waals surface area contributed by atoms with Crippen LogP contribution < -0.4 is 15.0 Å². The van der Waals surface area contributed by atoms with E-state index in [1.165, 1.54) is 0 Å². The third kappa shape index (κ3) is 4.81. The Hall–Kier alpha value is -3.09. The predicted molar refractivity (Wildman–Crippen MR) is 122 cm³/mol. The fraction of sp³-hybridized carbons (Fsp3) is 0.458. The minimum absolute atomic E-state index is 0.0946. The lowest BCUT2D eigenvalue weighted by Gasteiger charge is -2.32. The molecule has 31 heavy (non-hydrogen) atoms. The quantitative estimate of drug-likeness (QED) is 0.558. The standard InChI is InChI=1S/C24H31N5O2/c1-3-5-12-26-24(30)19-10-14-28(15-11-19)23-22-17-21(27-29(22)16-13-25-23)18-6-8-20(9-7-18)31-4-2/h6-9,13,16-17,19H,3-5,10-12,14-15H2,1-2H3,(H,26,30). The molecule has 2 aromatic heterocycles. The number of amides is 1. The molecule has 1 aliphatic rings. The van der Waals surface area contributed by atoms with Crippen molar-refractivity contribution in [2.24, 2.45) is 5.92 Å². The molecule has 0 spiro atoms. The van der Waals surface area contributed by atoms with E-state index in [1.54, 1.807) is 6.20 Å². The first-order valence-corrected chi connectivity index (χ1v) is 11.3. The molecule has 1 amide bonds. The second kappa shape index (κ2) is 9.81. The van der Waals surface area contributed by atoms with Gasteiger partial charge in [-0.1, -0.05) is 13.3 Å². The number of ether oxygens (including phenoxy) is 1. The van der Waals surface area contributed by atoms with Crippen molar-refractivity contribution < 1.29 is 9.53 Å². The van der Waals surface area contributed by atoms with Crippen LogP contribution in [0.15, 0.2) is 42.7 Å². The number of unbranched alkanes of at least 4 members (excludes halogenated alkanes) is 1. The Balaban J connectivity index is 1.47. The van der Waals surface area contributed by atoms with Crippen LogP contribution in [0.4, 0.5) is 5.82 Å². The van der Waals surface area contributed by atoms with Crippen LogP contribution in [-0.2, 0) is 4.79 Å². The summed E-state index contributed by atoms with van der Waals surface area (Å²) < 4.78 is 7.42. The molecule has 3 aromatic rings. The Morgan fingerprint density at radius 3 is 2.68 bits per heavy atom. The van der Waals surface area contributed by atoms with E-state index in [-0.39, 0.29) is 11.8 Å². The van der Waals surface area contributed by atoms with Crippen LogP contribution in [-0.4, -0.2) is 46.7 Å². The van der Waals surface area contributed by atoms with Crippen molar-refractivity contribution in [2.45, 2.75) is 39.5 Å². The summed E-state index contributed by atoms with van der Waals surface area (Å²) in [6.07, 6.45) is 7.50. The minimum Gasteiger partial charge on any atom is -0.494 e. The minimum atomic E-state index is 0.0946. The number of rotatable bonds is 8. The van der Waals surface area contributed by atoms with Crippen LogP contribution in [0.3, 0.4) is 0 Å². The van der Waals surface area contributed by atoms with Crippen LogP contribution in [0, 0.1) is 5.92 Å². The third-order valence-electron chi connectivity index (χ3n) is 5.83. The molecule has 7 heteroatoms. The van der Waals surface area contributed by atoms with E-state index < -0.39 is 0 Å². The third-order valence-corrected chi connectivity index (χ3v) is 5.83. The number of anilines is 1. The second-order valence-corrected chi connectivity index (χ2v) is 7.97. The van der Waals surface area contributed by atoms with E-state index in [4.69, 9.17) is 9.84 Å². The fourth-order valence-corrected chi connectivity index (χ4v) is 4.07. The summed E-state index contributed by atoms with van der Waals surface area (Å²) in [5, 5.41) is 7.82. The van der Waals surface area contributed by atoms with Gasteiger partial charge in [0.2, 0.25) is 5.91 Å². The van der Waals surface area contributed by atoms with Gasteiger partial charge in [0.15, 0.2) is 5.82 Å². The van der Waals surface area contributed by atoms with Crippen LogP contribution in [0.2, 0.25) is 0 Å². The van der Waals surface area contributed by atoms with Gasteiger partial charge in [-0.15, -0.1) is 0 Å². The molecule has 164 valence electrons. The average Bonchev–Trinajstić information content (AvgIpc) is 3.24. The van der Waals surface area contributed by atoms with Crippen LogP contribution >= 0.6 is 0 Å². The summed E-state index contributed by atoms with van der Waals surface area (Å²) in [6, 6.07) is 10.1. The van der Waals surface area contributed by atoms with Gasteiger partial charge in [-0.25, -0.2) is 9.50 Å². The molecule has 7 nitrogen and oxygen atoms in total.